The Balaban J connectivity index is 2.31. The molecule has 1 aromatic carbocycles. The number of carboxylic acids is 1. The van der Waals surface area contributed by atoms with Crippen molar-refractivity contribution in [3.8, 4) is 0 Å². The van der Waals surface area contributed by atoms with E-state index in [9.17, 15) is 33.9 Å². The molecule has 0 aliphatic carbocycles. The lowest BCUT2D eigenvalue weighted by Gasteiger charge is -2.37. The summed E-state index contributed by atoms with van der Waals surface area (Å²) in [6.07, 6.45) is 1.97. The molecule has 4 atom stereocenters. The molecule has 1 heterocycles. The summed E-state index contributed by atoms with van der Waals surface area (Å²) in [6, 6.07) is 3.58. The number of primary amides is 1. The Morgan fingerprint density at radius 1 is 0.939 bits per heavy atom. The van der Waals surface area contributed by atoms with Gasteiger partial charge in [0.2, 0.25) is 29.5 Å². The summed E-state index contributed by atoms with van der Waals surface area (Å²) in [5, 5.41) is 17.1. The summed E-state index contributed by atoms with van der Waals surface area (Å²) in [6.45, 7) is 6.71. The fourth-order valence-corrected chi connectivity index (χ4v) is 5.58. The average molecular weight is 707 g/mol. The van der Waals surface area contributed by atoms with Crippen molar-refractivity contribution in [1.82, 2.24) is 20.9 Å². The van der Waals surface area contributed by atoms with Gasteiger partial charge in [-0.1, -0.05) is 45.0 Å². The predicted molar refractivity (Wildman–Crippen MR) is 185 cm³/mol. The van der Waals surface area contributed by atoms with Crippen LogP contribution in [0.4, 0.5) is 0 Å². The second kappa shape index (κ2) is 19.6. The van der Waals surface area contributed by atoms with Crippen LogP contribution in [0, 0.1) is 0 Å². The van der Waals surface area contributed by atoms with Crippen LogP contribution in [0.5, 0.6) is 0 Å². The van der Waals surface area contributed by atoms with Crippen molar-refractivity contribution in [3.05, 3.63) is 35.4 Å². The smallest absolute Gasteiger partial charge is 0.303 e. The molecule has 1 fully saturated rings. The van der Waals surface area contributed by atoms with Crippen LogP contribution < -0.4 is 33.2 Å². The predicted octanol–water partition coefficient (Wildman–Crippen LogP) is 0.395. The largest absolute Gasteiger partial charge is 0.481 e. The third-order valence-corrected chi connectivity index (χ3v) is 8.51. The Hall–Kier alpha value is -4.40. The zero-order valence-electron chi connectivity index (χ0n) is 28.5. The molecule has 1 aliphatic rings. The van der Waals surface area contributed by atoms with Crippen molar-refractivity contribution in [1.29, 1.82) is 0 Å². The van der Waals surface area contributed by atoms with Gasteiger partial charge in [-0.25, -0.2) is 0 Å². The van der Waals surface area contributed by atoms with Gasteiger partial charge in [0, 0.05) is 19.5 Å². The van der Waals surface area contributed by atoms with Crippen LogP contribution in [0.15, 0.2) is 29.3 Å². The van der Waals surface area contributed by atoms with E-state index >= 15 is 0 Å². The molecule has 0 saturated carbocycles. The summed E-state index contributed by atoms with van der Waals surface area (Å²) in [5.41, 5.74) is 18.3. The molecule has 2 rings (SSSR count). The third-order valence-electron chi connectivity index (χ3n) is 8.27. The van der Waals surface area contributed by atoms with Gasteiger partial charge in [-0.3, -0.25) is 33.8 Å². The summed E-state index contributed by atoms with van der Waals surface area (Å²) < 4.78 is 0. The lowest BCUT2D eigenvalue weighted by molar-refractivity contribution is -0.146. The number of guanidine groups is 1. The quantitative estimate of drug-likeness (QED) is 0.0482. The third kappa shape index (κ3) is 13.9. The number of benzene rings is 1. The molecular weight excluding hydrogens is 656 g/mol. The zero-order chi connectivity index (χ0) is 36.7. The second-order valence-corrected chi connectivity index (χ2v) is 13.5. The first kappa shape index (κ1) is 40.8. The molecule has 1 saturated heterocycles. The number of hydrogen-bond donors (Lipinski definition) is 7. The molecule has 0 spiro atoms. The van der Waals surface area contributed by atoms with Gasteiger partial charge in [0.05, 0.1) is 0 Å². The molecule has 49 heavy (non-hydrogen) atoms. The number of aliphatic carboxylic acids is 1. The molecule has 0 radical (unpaired) electrons. The van der Waals surface area contributed by atoms with Crippen molar-refractivity contribution in [3.63, 3.8) is 0 Å². The minimum atomic E-state index is -1.21. The Kier molecular flexibility index (Phi) is 16.3. The topological polar surface area (TPSA) is 252 Å². The van der Waals surface area contributed by atoms with Gasteiger partial charge in [0.1, 0.15) is 30.0 Å². The number of piperidine rings is 1. The lowest BCUT2D eigenvalue weighted by Crippen LogP contribution is -2.60. The number of hydrogen-bond acceptors (Lipinski definition) is 7. The van der Waals surface area contributed by atoms with Crippen LogP contribution in [0.3, 0.4) is 0 Å². The monoisotopic (exact) mass is 706 g/mol. The highest BCUT2D eigenvalue weighted by Crippen LogP contribution is 2.23. The van der Waals surface area contributed by atoms with Crippen LogP contribution >= 0.6 is 11.6 Å². The lowest BCUT2D eigenvalue weighted by atomic mass is 9.86. The number of halogens is 1. The van der Waals surface area contributed by atoms with Gasteiger partial charge in [0.15, 0.2) is 5.96 Å². The van der Waals surface area contributed by atoms with Crippen molar-refractivity contribution < 1.29 is 33.9 Å². The van der Waals surface area contributed by atoms with Gasteiger partial charge in [-0.15, -0.1) is 11.6 Å². The molecule has 5 amide bonds. The fourth-order valence-electron chi connectivity index (χ4n) is 5.51. The van der Waals surface area contributed by atoms with Crippen LogP contribution in [-0.4, -0.2) is 94.6 Å². The second-order valence-electron chi connectivity index (χ2n) is 13.2. The van der Waals surface area contributed by atoms with E-state index in [4.69, 9.17) is 28.8 Å². The van der Waals surface area contributed by atoms with Gasteiger partial charge >= 0.3 is 5.97 Å². The number of amides is 5. The summed E-state index contributed by atoms with van der Waals surface area (Å²) >= 11 is 5.62. The zero-order valence-corrected chi connectivity index (χ0v) is 29.3. The number of nitrogens with zero attached hydrogens (tertiary/aromatic N) is 2. The summed E-state index contributed by atoms with van der Waals surface area (Å²) in [7, 11) is 0. The normalized spacial score (nSPS) is 16.4. The van der Waals surface area contributed by atoms with E-state index < -0.39 is 72.0 Å². The first-order valence-electron chi connectivity index (χ1n) is 16.5. The summed E-state index contributed by atoms with van der Waals surface area (Å²) in [5.74, 6) is -4.96. The van der Waals surface area contributed by atoms with E-state index in [-0.39, 0.29) is 50.1 Å². The molecule has 1 aliphatic heterocycles. The molecule has 272 valence electrons. The highest BCUT2D eigenvalue weighted by atomic mass is 35.5. The number of aliphatic imine (C=N–C) groups is 1. The molecular formula is C33H51ClN8O7. The van der Waals surface area contributed by atoms with E-state index in [2.05, 4.69) is 41.7 Å². The van der Waals surface area contributed by atoms with E-state index in [1.165, 1.54) is 4.90 Å². The number of nitrogens with two attached hydrogens (primary N) is 3. The van der Waals surface area contributed by atoms with Gasteiger partial charge in [0.25, 0.3) is 0 Å². The molecule has 0 unspecified atom stereocenters. The van der Waals surface area contributed by atoms with E-state index in [0.29, 0.717) is 25.7 Å². The Morgan fingerprint density at radius 3 is 2.18 bits per heavy atom. The maximum absolute atomic E-state index is 13.8. The fraction of sp³-hybridized carbons (Fsp3) is 0.606. The van der Waals surface area contributed by atoms with Crippen LogP contribution in [0.1, 0.15) is 83.3 Å². The van der Waals surface area contributed by atoms with E-state index in [0.717, 1.165) is 11.1 Å². The first-order valence-corrected chi connectivity index (χ1v) is 17.0. The number of carbonyl (C=O) groups is 6. The van der Waals surface area contributed by atoms with Crippen LogP contribution in [0.2, 0.25) is 0 Å². The Morgan fingerprint density at radius 2 is 1.61 bits per heavy atom. The molecule has 0 aromatic heterocycles. The number of carbonyl (C=O) groups excluding carboxylic acids is 5. The number of aryl methyl sites for hydroxylation is 1. The highest BCUT2D eigenvalue weighted by Gasteiger charge is 2.38. The van der Waals surface area contributed by atoms with Gasteiger partial charge < -0.3 is 43.2 Å². The SMILES string of the molecule is CC(C)(C)c1ccc(CC[C@H](NC(=O)[C@@H]2CCCCN2C(=O)[C@H](CCC(=O)O)NC(=O)CCl)C(=O)N[C@@H](CCCN=C(N)N)C(N)=O)cc1. The van der Waals surface area contributed by atoms with Crippen LogP contribution in [-0.2, 0) is 40.6 Å². The minimum absolute atomic E-state index is 0.0530. The van der Waals surface area contributed by atoms with Crippen molar-refractivity contribution >= 4 is 53.1 Å². The number of likely N-dealkylation sites (tertiary alicyclic amines) is 1. The standard InChI is InChI=1S/C33H51ClN8O7/c1-33(2,3)21-12-9-20(10-13-21)11-14-23(29(47)40-22(28(35)46)7-6-17-38-32(36)37)41-30(48)25-8-4-5-18-42(25)31(49)24(15-16-27(44)45)39-26(43)19-34/h9-10,12-13,22-25H,4-8,11,14-19H2,1-3H3,(H2,35,46)(H,39,43)(H,40,47)(H,41,48)(H,44,45)(H4,36,37,38)/t22-,23-,24-,25-/m0/s1. The Bertz CT molecular complexity index is 1350. The number of carboxylic acid groups (broad SMARTS) is 1. The van der Waals surface area contributed by atoms with Crippen molar-refractivity contribution in [2.24, 2.45) is 22.2 Å². The number of rotatable bonds is 18. The Labute approximate surface area is 292 Å². The molecule has 0 bridgehead atoms. The van der Waals surface area contributed by atoms with E-state index in [1.807, 2.05) is 24.3 Å². The summed E-state index contributed by atoms with van der Waals surface area (Å²) in [4.78, 5) is 81.9. The maximum Gasteiger partial charge on any atom is 0.303 e. The molecule has 16 heteroatoms. The maximum atomic E-state index is 13.8. The van der Waals surface area contributed by atoms with Gasteiger partial charge in [-0.2, -0.15) is 0 Å². The van der Waals surface area contributed by atoms with E-state index in [1.54, 1.807) is 0 Å². The molecule has 10 N–H and O–H groups in total. The minimum Gasteiger partial charge on any atom is -0.481 e. The highest BCUT2D eigenvalue weighted by molar-refractivity contribution is 6.27. The molecule has 15 nitrogen and oxygen atoms in total. The van der Waals surface area contributed by atoms with Crippen LogP contribution in [0.25, 0.3) is 0 Å². The van der Waals surface area contributed by atoms with Crippen molar-refractivity contribution in [2.45, 2.75) is 108 Å². The first-order chi connectivity index (χ1) is 23.0. The molecule has 1 aromatic rings. The van der Waals surface area contributed by atoms with Crippen molar-refractivity contribution in [2.75, 3.05) is 19.0 Å². The van der Waals surface area contributed by atoms with Gasteiger partial charge in [-0.05, 0) is 67.9 Å². The average Bonchev–Trinajstić information content (AvgIpc) is 3.05. The number of alkyl halides is 1. The number of nitrogens with one attached hydrogen (secondary N) is 3.